The van der Waals surface area contributed by atoms with E-state index in [4.69, 9.17) is 4.74 Å². The molecule has 1 fully saturated rings. The molecule has 4 nitrogen and oxygen atoms in total. The molecular formula is C16H23NO3. The van der Waals surface area contributed by atoms with Gasteiger partial charge in [-0.15, -0.1) is 0 Å². The standard InChI is InChI=1S/C16H23NO3/c1-17(12-13-10-14(18)11-13)16(19)8-5-9-20-15-6-3-2-4-7-15/h2-4,6-7,13-14,18H,5,8-12H2,1H3. The van der Waals surface area contributed by atoms with E-state index in [0.717, 1.165) is 31.6 Å². The van der Waals surface area contributed by atoms with Crippen LogP contribution in [-0.2, 0) is 4.79 Å². The van der Waals surface area contributed by atoms with Crippen molar-refractivity contribution in [1.29, 1.82) is 0 Å². The van der Waals surface area contributed by atoms with Gasteiger partial charge >= 0.3 is 0 Å². The summed E-state index contributed by atoms with van der Waals surface area (Å²) in [7, 11) is 1.84. The van der Waals surface area contributed by atoms with Gasteiger partial charge in [0, 0.05) is 20.0 Å². The van der Waals surface area contributed by atoms with Gasteiger partial charge in [-0.05, 0) is 37.3 Å². The summed E-state index contributed by atoms with van der Waals surface area (Å²) >= 11 is 0. The molecule has 0 aromatic heterocycles. The van der Waals surface area contributed by atoms with E-state index in [9.17, 15) is 9.90 Å². The van der Waals surface area contributed by atoms with E-state index in [0.29, 0.717) is 18.9 Å². The fourth-order valence-electron chi connectivity index (χ4n) is 2.46. The summed E-state index contributed by atoms with van der Waals surface area (Å²) in [6, 6.07) is 9.64. The Morgan fingerprint density at radius 2 is 2.05 bits per heavy atom. The minimum absolute atomic E-state index is 0.150. The Balaban J connectivity index is 1.57. The monoisotopic (exact) mass is 277 g/mol. The first kappa shape index (κ1) is 14.9. The molecule has 20 heavy (non-hydrogen) atoms. The number of amides is 1. The summed E-state index contributed by atoms with van der Waals surface area (Å²) in [5, 5.41) is 9.23. The second-order valence-corrected chi connectivity index (χ2v) is 5.53. The van der Waals surface area contributed by atoms with Crippen LogP contribution in [0.4, 0.5) is 0 Å². The molecule has 0 bridgehead atoms. The van der Waals surface area contributed by atoms with Crippen molar-refractivity contribution in [3.05, 3.63) is 30.3 Å². The summed E-state index contributed by atoms with van der Waals surface area (Å²) in [5.74, 6) is 1.47. The van der Waals surface area contributed by atoms with Gasteiger partial charge < -0.3 is 14.7 Å². The van der Waals surface area contributed by atoms with Crippen LogP contribution in [0.5, 0.6) is 5.75 Å². The summed E-state index contributed by atoms with van der Waals surface area (Å²) in [6.45, 7) is 1.32. The fourth-order valence-corrected chi connectivity index (χ4v) is 2.46. The van der Waals surface area contributed by atoms with Gasteiger partial charge in [-0.1, -0.05) is 18.2 Å². The van der Waals surface area contributed by atoms with Gasteiger partial charge in [0.25, 0.3) is 0 Å². The molecule has 0 radical (unpaired) electrons. The first-order valence-corrected chi connectivity index (χ1v) is 7.25. The number of para-hydroxylation sites is 1. The van der Waals surface area contributed by atoms with Crippen molar-refractivity contribution in [2.24, 2.45) is 5.92 Å². The number of carbonyl (C=O) groups excluding carboxylic acids is 1. The average molecular weight is 277 g/mol. The van der Waals surface area contributed by atoms with Crippen LogP contribution >= 0.6 is 0 Å². The molecule has 1 aromatic rings. The minimum atomic E-state index is -0.150. The molecule has 0 saturated heterocycles. The molecule has 0 heterocycles. The van der Waals surface area contributed by atoms with E-state index in [1.54, 1.807) is 4.90 Å². The SMILES string of the molecule is CN(CC1CC(O)C1)C(=O)CCCOc1ccccc1. The largest absolute Gasteiger partial charge is 0.494 e. The highest BCUT2D eigenvalue weighted by Gasteiger charge is 2.28. The lowest BCUT2D eigenvalue weighted by Crippen LogP contribution is -2.39. The van der Waals surface area contributed by atoms with Gasteiger partial charge in [0.2, 0.25) is 5.91 Å². The van der Waals surface area contributed by atoms with E-state index in [1.165, 1.54) is 0 Å². The number of hydrogen-bond donors (Lipinski definition) is 1. The summed E-state index contributed by atoms with van der Waals surface area (Å²) in [5.41, 5.74) is 0. The number of aliphatic hydroxyl groups is 1. The minimum Gasteiger partial charge on any atom is -0.494 e. The molecule has 1 N–H and O–H groups in total. The number of benzene rings is 1. The summed E-state index contributed by atoms with van der Waals surface area (Å²) in [4.78, 5) is 13.7. The third-order valence-corrected chi connectivity index (χ3v) is 3.72. The normalized spacial score (nSPS) is 21.1. The zero-order valence-corrected chi connectivity index (χ0v) is 12.0. The van der Waals surface area contributed by atoms with Gasteiger partial charge in [-0.25, -0.2) is 0 Å². The van der Waals surface area contributed by atoms with Gasteiger partial charge in [-0.3, -0.25) is 4.79 Å². The van der Waals surface area contributed by atoms with Crippen LogP contribution in [-0.4, -0.2) is 42.2 Å². The van der Waals surface area contributed by atoms with Crippen LogP contribution in [0.25, 0.3) is 0 Å². The van der Waals surface area contributed by atoms with Crippen LogP contribution in [0.3, 0.4) is 0 Å². The molecule has 1 aromatic carbocycles. The molecular weight excluding hydrogens is 254 g/mol. The average Bonchev–Trinajstić information content (AvgIpc) is 2.42. The Morgan fingerprint density at radius 3 is 2.70 bits per heavy atom. The smallest absolute Gasteiger partial charge is 0.222 e. The second-order valence-electron chi connectivity index (χ2n) is 5.53. The highest BCUT2D eigenvalue weighted by atomic mass is 16.5. The fraction of sp³-hybridized carbons (Fsp3) is 0.562. The van der Waals surface area contributed by atoms with Crippen molar-refractivity contribution >= 4 is 5.91 Å². The van der Waals surface area contributed by atoms with Crippen molar-refractivity contribution in [3.63, 3.8) is 0 Å². The van der Waals surface area contributed by atoms with Crippen LogP contribution in [0, 0.1) is 5.92 Å². The predicted octanol–water partition coefficient (Wildman–Crippen LogP) is 2.07. The maximum absolute atomic E-state index is 11.9. The van der Waals surface area contributed by atoms with E-state index < -0.39 is 0 Å². The van der Waals surface area contributed by atoms with E-state index >= 15 is 0 Å². The highest BCUT2D eigenvalue weighted by Crippen LogP contribution is 2.27. The Kier molecular flexibility index (Phi) is 5.41. The molecule has 0 aliphatic heterocycles. The number of nitrogens with zero attached hydrogens (tertiary/aromatic N) is 1. The van der Waals surface area contributed by atoms with Crippen molar-refractivity contribution < 1.29 is 14.6 Å². The predicted molar refractivity (Wildman–Crippen MR) is 77.5 cm³/mol. The summed E-state index contributed by atoms with van der Waals surface area (Å²) in [6.07, 6.45) is 2.75. The first-order valence-electron chi connectivity index (χ1n) is 7.25. The number of carbonyl (C=O) groups is 1. The van der Waals surface area contributed by atoms with Gasteiger partial charge in [0.1, 0.15) is 5.75 Å². The molecule has 0 unspecified atom stereocenters. The molecule has 1 aliphatic carbocycles. The van der Waals surface area contributed by atoms with Crippen LogP contribution in [0.1, 0.15) is 25.7 Å². The Bertz CT molecular complexity index is 415. The zero-order valence-electron chi connectivity index (χ0n) is 12.0. The van der Waals surface area contributed by atoms with Gasteiger partial charge in [-0.2, -0.15) is 0 Å². The lowest BCUT2D eigenvalue weighted by Gasteiger charge is -2.34. The number of ether oxygens (including phenoxy) is 1. The lowest BCUT2D eigenvalue weighted by molar-refractivity contribution is -0.131. The van der Waals surface area contributed by atoms with Crippen LogP contribution < -0.4 is 4.74 Å². The molecule has 0 spiro atoms. The van der Waals surface area contributed by atoms with Crippen LogP contribution in [0.15, 0.2) is 30.3 Å². The maximum atomic E-state index is 11.9. The van der Waals surface area contributed by atoms with Crippen molar-refractivity contribution in [3.8, 4) is 5.75 Å². The molecule has 1 amide bonds. The second kappa shape index (κ2) is 7.29. The first-order chi connectivity index (χ1) is 9.65. The van der Waals surface area contributed by atoms with Crippen LogP contribution in [0.2, 0.25) is 0 Å². The quantitative estimate of drug-likeness (QED) is 0.776. The Labute approximate surface area is 120 Å². The summed E-state index contributed by atoms with van der Waals surface area (Å²) < 4.78 is 5.56. The van der Waals surface area contributed by atoms with E-state index in [1.807, 2.05) is 37.4 Å². The van der Waals surface area contributed by atoms with Gasteiger partial charge in [0.15, 0.2) is 0 Å². The highest BCUT2D eigenvalue weighted by molar-refractivity contribution is 5.75. The zero-order chi connectivity index (χ0) is 14.4. The lowest BCUT2D eigenvalue weighted by atomic mass is 9.82. The van der Waals surface area contributed by atoms with Crippen molar-refractivity contribution in [2.45, 2.75) is 31.8 Å². The van der Waals surface area contributed by atoms with Crippen molar-refractivity contribution in [2.75, 3.05) is 20.2 Å². The van der Waals surface area contributed by atoms with Crippen molar-refractivity contribution in [1.82, 2.24) is 4.90 Å². The van der Waals surface area contributed by atoms with E-state index in [-0.39, 0.29) is 12.0 Å². The maximum Gasteiger partial charge on any atom is 0.222 e. The molecule has 1 saturated carbocycles. The Morgan fingerprint density at radius 1 is 1.35 bits per heavy atom. The molecule has 1 aliphatic rings. The topological polar surface area (TPSA) is 49.8 Å². The third-order valence-electron chi connectivity index (χ3n) is 3.72. The molecule has 0 atom stereocenters. The molecule has 2 rings (SSSR count). The van der Waals surface area contributed by atoms with E-state index in [2.05, 4.69) is 0 Å². The van der Waals surface area contributed by atoms with Gasteiger partial charge in [0.05, 0.1) is 12.7 Å². The molecule has 110 valence electrons. The number of rotatable bonds is 7. The number of aliphatic hydroxyl groups excluding tert-OH is 1. The third kappa shape index (κ3) is 4.53. The number of hydrogen-bond acceptors (Lipinski definition) is 3. The Hall–Kier alpha value is -1.55. The molecule has 4 heteroatoms.